The third-order valence-electron chi connectivity index (χ3n) is 7.52. The minimum atomic E-state index is -1.24. The zero-order chi connectivity index (χ0) is 23.0. The molecule has 1 aromatic carbocycles. The lowest BCUT2D eigenvalue weighted by Gasteiger charge is -2.43. The normalized spacial score (nSPS) is 28.6. The number of rotatable bonds is 5. The number of carbonyl (C=O) groups is 1. The summed E-state index contributed by atoms with van der Waals surface area (Å²) in [4.78, 5) is 15.3. The molecule has 0 aromatic heterocycles. The van der Waals surface area contributed by atoms with Crippen molar-refractivity contribution in [3.8, 4) is 0 Å². The molecule has 0 atom stereocenters. The second-order valence-corrected chi connectivity index (χ2v) is 11.6. The van der Waals surface area contributed by atoms with E-state index in [4.69, 9.17) is 9.31 Å². The summed E-state index contributed by atoms with van der Waals surface area (Å²) in [7, 11) is -0.460. The molecule has 0 radical (unpaired) electrons. The number of benzene rings is 1. The Morgan fingerprint density at radius 2 is 1.71 bits per heavy atom. The summed E-state index contributed by atoms with van der Waals surface area (Å²) in [6, 6.07) is 6.50. The summed E-state index contributed by atoms with van der Waals surface area (Å²) in [5, 5.41) is 3.29. The molecule has 5 nitrogen and oxygen atoms in total. The Kier molecular flexibility index (Phi) is 5.16. The van der Waals surface area contributed by atoms with Gasteiger partial charge in [-0.1, -0.05) is 12.1 Å². The molecule has 0 bridgehead atoms. The molecule has 31 heavy (non-hydrogen) atoms. The van der Waals surface area contributed by atoms with E-state index in [0.29, 0.717) is 6.54 Å². The number of anilines is 1. The van der Waals surface area contributed by atoms with Crippen molar-refractivity contribution in [3.05, 3.63) is 23.8 Å². The minimum Gasteiger partial charge on any atom is -0.399 e. The van der Waals surface area contributed by atoms with E-state index >= 15 is 0 Å². The number of nitrogens with one attached hydrogen (secondary N) is 1. The van der Waals surface area contributed by atoms with Gasteiger partial charge in [-0.15, -0.1) is 0 Å². The van der Waals surface area contributed by atoms with Crippen LogP contribution in [-0.2, 0) is 19.5 Å². The SMILES string of the molecule is CC(C)(F)CN[C@H]1C[C@@H](N2C(=O)C(C)(C)c3ccc(B4OC(C)(C)C(C)(C)O4)cc32)C1. The molecule has 2 fully saturated rings. The van der Waals surface area contributed by atoms with Crippen LogP contribution in [0.3, 0.4) is 0 Å². The molecule has 1 aromatic rings. The first-order chi connectivity index (χ1) is 14.1. The molecule has 7 heteroatoms. The summed E-state index contributed by atoms with van der Waals surface area (Å²) < 4.78 is 26.3. The van der Waals surface area contributed by atoms with Gasteiger partial charge < -0.3 is 19.5 Å². The van der Waals surface area contributed by atoms with Gasteiger partial charge in [-0.2, -0.15) is 0 Å². The zero-order valence-corrected chi connectivity index (χ0v) is 20.1. The van der Waals surface area contributed by atoms with Crippen LogP contribution in [0.25, 0.3) is 0 Å². The highest BCUT2D eigenvalue weighted by molar-refractivity contribution is 6.62. The van der Waals surface area contributed by atoms with E-state index in [1.807, 2.05) is 58.6 Å². The van der Waals surface area contributed by atoms with Gasteiger partial charge in [0, 0.05) is 24.3 Å². The Labute approximate surface area is 186 Å². The van der Waals surface area contributed by atoms with Crippen LogP contribution in [0.15, 0.2) is 18.2 Å². The van der Waals surface area contributed by atoms with Crippen LogP contribution >= 0.6 is 0 Å². The fourth-order valence-corrected chi connectivity index (χ4v) is 4.64. The Bertz CT molecular complexity index is 871. The van der Waals surface area contributed by atoms with Crippen LogP contribution in [0.1, 0.15) is 73.8 Å². The van der Waals surface area contributed by atoms with E-state index in [9.17, 15) is 9.18 Å². The van der Waals surface area contributed by atoms with Crippen molar-refractivity contribution in [2.75, 3.05) is 11.4 Å². The highest BCUT2D eigenvalue weighted by Crippen LogP contribution is 2.45. The number of alkyl halides is 1. The molecule has 4 rings (SSSR count). The first-order valence-corrected chi connectivity index (χ1v) is 11.4. The number of fused-ring (bicyclic) bond motifs is 1. The van der Waals surface area contributed by atoms with E-state index in [0.717, 1.165) is 29.6 Å². The first kappa shape index (κ1) is 22.7. The van der Waals surface area contributed by atoms with E-state index in [2.05, 4.69) is 11.4 Å². The number of hydrogen-bond acceptors (Lipinski definition) is 4. The summed E-state index contributed by atoms with van der Waals surface area (Å²) in [6.07, 6.45) is 1.66. The first-order valence-electron chi connectivity index (χ1n) is 11.4. The average molecular weight is 430 g/mol. The van der Waals surface area contributed by atoms with Crippen molar-refractivity contribution in [2.45, 2.75) is 103 Å². The number of nitrogens with zero attached hydrogens (tertiary/aromatic N) is 1. The molecule has 2 aliphatic heterocycles. The van der Waals surface area contributed by atoms with Crippen LogP contribution in [-0.4, -0.2) is 48.5 Å². The van der Waals surface area contributed by atoms with Crippen molar-refractivity contribution < 1.29 is 18.5 Å². The predicted molar refractivity (Wildman–Crippen MR) is 123 cm³/mol. The lowest BCUT2D eigenvalue weighted by atomic mass is 9.76. The lowest BCUT2D eigenvalue weighted by molar-refractivity contribution is -0.123. The van der Waals surface area contributed by atoms with Gasteiger partial charge in [0.05, 0.1) is 16.6 Å². The quantitative estimate of drug-likeness (QED) is 0.727. The molecule has 1 saturated carbocycles. The van der Waals surface area contributed by atoms with Gasteiger partial charge in [0.1, 0.15) is 5.67 Å². The molecule has 1 aliphatic carbocycles. The van der Waals surface area contributed by atoms with Gasteiger partial charge in [0.2, 0.25) is 5.91 Å². The summed E-state index contributed by atoms with van der Waals surface area (Å²) >= 11 is 0. The maximum absolute atomic E-state index is 13.8. The maximum atomic E-state index is 13.8. The summed E-state index contributed by atoms with van der Waals surface area (Å²) in [6.45, 7) is 15.6. The maximum Gasteiger partial charge on any atom is 0.494 e. The molecule has 0 unspecified atom stereocenters. The molecule has 1 amide bonds. The smallest absolute Gasteiger partial charge is 0.399 e. The molecule has 0 spiro atoms. The number of halogens is 1. The van der Waals surface area contributed by atoms with Gasteiger partial charge in [0.15, 0.2) is 0 Å². The topological polar surface area (TPSA) is 50.8 Å². The van der Waals surface area contributed by atoms with E-state index in [-0.39, 0.29) is 18.0 Å². The van der Waals surface area contributed by atoms with Gasteiger partial charge in [-0.25, -0.2) is 4.39 Å². The zero-order valence-electron chi connectivity index (χ0n) is 20.1. The number of hydrogen-bond donors (Lipinski definition) is 1. The molecule has 1 N–H and O–H groups in total. The van der Waals surface area contributed by atoms with E-state index in [1.54, 1.807) is 13.8 Å². The number of amides is 1. The number of carbonyl (C=O) groups excluding carboxylic acids is 1. The van der Waals surface area contributed by atoms with Crippen molar-refractivity contribution >= 4 is 24.2 Å². The van der Waals surface area contributed by atoms with Crippen molar-refractivity contribution in [1.82, 2.24) is 5.32 Å². The second kappa shape index (κ2) is 7.03. The lowest BCUT2D eigenvalue weighted by Crippen LogP contribution is -2.56. The van der Waals surface area contributed by atoms with Crippen LogP contribution in [0.4, 0.5) is 10.1 Å². The fourth-order valence-electron chi connectivity index (χ4n) is 4.64. The fraction of sp³-hybridized carbons (Fsp3) is 0.708. The molecular formula is C24H36BFN2O3. The highest BCUT2D eigenvalue weighted by Gasteiger charge is 2.53. The molecule has 1 saturated heterocycles. The van der Waals surface area contributed by atoms with Crippen LogP contribution in [0.5, 0.6) is 0 Å². The largest absolute Gasteiger partial charge is 0.494 e. The van der Waals surface area contributed by atoms with Crippen molar-refractivity contribution in [1.29, 1.82) is 0 Å². The second-order valence-electron chi connectivity index (χ2n) is 11.6. The summed E-state index contributed by atoms with van der Waals surface area (Å²) in [5.41, 5.74) is 0.298. The summed E-state index contributed by atoms with van der Waals surface area (Å²) in [5.74, 6) is 0.128. The highest BCUT2D eigenvalue weighted by atomic mass is 19.1. The van der Waals surface area contributed by atoms with Gasteiger partial charge >= 0.3 is 7.12 Å². The minimum absolute atomic E-state index is 0.127. The van der Waals surface area contributed by atoms with E-state index in [1.165, 1.54) is 0 Å². The standard InChI is InChI=1S/C24H36BFN2O3/c1-21(2,26)14-27-16-12-17(13-16)28-19-11-15(9-10-18(19)22(3,4)20(28)29)25-30-23(5,6)24(7,8)31-25/h9-11,16-17,27H,12-14H2,1-8H3/t16-,17+. The van der Waals surface area contributed by atoms with Crippen LogP contribution in [0, 0.1) is 0 Å². The van der Waals surface area contributed by atoms with Crippen LogP contribution in [0.2, 0.25) is 0 Å². The van der Waals surface area contributed by atoms with Crippen LogP contribution < -0.4 is 15.7 Å². The van der Waals surface area contributed by atoms with Gasteiger partial charge in [-0.3, -0.25) is 4.79 Å². The molecule has 170 valence electrons. The third-order valence-corrected chi connectivity index (χ3v) is 7.52. The van der Waals surface area contributed by atoms with E-state index < -0.39 is 29.4 Å². The van der Waals surface area contributed by atoms with Crippen molar-refractivity contribution in [3.63, 3.8) is 0 Å². The predicted octanol–water partition coefficient (Wildman–Crippen LogP) is 3.48. The average Bonchev–Trinajstić information content (AvgIpc) is 2.93. The Hall–Kier alpha value is -1.44. The van der Waals surface area contributed by atoms with Gasteiger partial charge in [-0.05, 0) is 85.3 Å². The third kappa shape index (κ3) is 3.83. The van der Waals surface area contributed by atoms with Crippen molar-refractivity contribution in [2.24, 2.45) is 0 Å². The molecule has 3 aliphatic rings. The Morgan fingerprint density at radius 1 is 1.13 bits per heavy atom. The van der Waals surface area contributed by atoms with Gasteiger partial charge in [0.25, 0.3) is 0 Å². The molecule has 2 heterocycles. The Balaban J connectivity index is 1.56. The molecular weight excluding hydrogens is 394 g/mol. The Morgan fingerprint density at radius 3 is 2.26 bits per heavy atom. The monoisotopic (exact) mass is 430 g/mol.